The summed E-state index contributed by atoms with van der Waals surface area (Å²) in [7, 11) is 0. The lowest BCUT2D eigenvalue weighted by molar-refractivity contribution is -0.144. The minimum Gasteiger partial charge on any atom is -0.481 e. The maximum Gasteiger partial charge on any atom is 0.407 e. The van der Waals surface area contributed by atoms with E-state index < -0.39 is 54.5 Å². The average Bonchev–Trinajstić information content (AvgIpc) is 2.55. The summed E-state index contributed by atoms with van der Waals surface area (Å²) >= 11 is 0. The zero-order valence-corrected chi connectivity index (χ0v) is 17.5. The Bertz CT molecular complexity index is 617. The van der Waals surface area contributed by atoms with Gasteiger partial charge in [-0.3, -0.25) is 19.3 Å². The number of nitrogens with zero attached hydrogens (tertiary/aromatic N) is 1. The third kappa shape index (κ3) is 15.1. The molecule has 0 aromatic rings. The predicted molar refractivity (Wildman–Crippen MR) is 104 cm³/mol. The Morgan fingerprint density at radius 3 is 2.10 bits per heavy atom. The third-order valence-electron chi connectivity index (χ3n) is 3.58. The van der Waals surface area contributed by atoms with Crippen LogP contribution >= 0.6 is 0 Å². The van der Waals surface area contributed by atoms with Crippen molar-refractivity contribution in [3.63, 3.8) is 0 Å². The molecule has 2 amide bonds. The molecular formula is C18H31N3O9. The molecule has 0 aromatic carbocycles. The van der Waals surface area contributed by atoms with Gasteiger partial charge in [0.05, 0.1) is 13.1 Å². The molecule has 1 atom stereocenters. The topological polar surface area (TPSA) is 183 Å². The highest BCUT2D eigenvalue weighted by atomic mass is 16.6. The molecule has 5 N–H and O–H groups in total. The number of alkyl carbamates (subject to hydrolysis) is 1. The molecule has 0 spiro atoms. The molecule has 0 rings (SSSR count). The molecule has 0 fully saturated rings. The minimum atomic E-state index is -1.38. The lowest BCUT2D eigenvalue weighted by Gasteiger charge is -2.22. The molecule has 12 heteroatoms. The SMILES string of the molecule is CC(C)(C)OC(=O)NCCCCN(CC(=O)O)CC(=O)N[C@@H](CCC(=O)O)C(=O)O. The van der Waals surface area contributed by atoms with Crippen molar-refractivity contribution in [3.05, 3.63) is 0 Å². The fourth-order valence-electron chi connectivity index (χ4n) is 2.34. The number of rotatable bonds is 14. The van der Waals surface area contributed by atoms with Crippen LogP contribution in [0.4, 0.5) is 4.79 Å². The summed E-state index contributed by atoms with van der Waals surface area (Å²) in [5, 5.41) is 31.5. The van der Waals surface area contributed by atoms with Gasteiger partial charge in [-0.1, -0.05) is 0 Å². The van der Waals surface area contributed by atoms with Crippen LogP contribution in [0.2, 0.25) is 0 Å². The van der Waals surface area contributed by atoms with E-state index in [1.165, 1.54) is 4.90 Å². The molecule has 0 radical (unpaired) electrons. The maximum atomic E-state index is 12.1. The quantitative estimate of drug-likeness (QED) is 0.236. The fourth-order valence-corrected chi connectivity index (χ4v) is 2.34. The molecule has 0 saturated carbocycles. The first-order chi connectivity index (χ1) is 13.8. The first kappa shape index (κ1) is 27.1. The van der Waals surface area contributed by atoms with Crippen LogP contribution in [0.3, 0.4) is 0 Å². The lowest BCUT2D eigenvalue weighted by Crippen LogP contribution is -2.47. The van der Waals surface area contributed by atoms with E-state index in [-0.39, 0.29) is 19.5 Å². The van der Waals surface area contributed by atoms with Gasteiger partial charge in [0.25, 0.3) is 0 Å². The number of carboxylic acid groups (broad SMARTS) is 3. The minimum absolute atomic E-state index is 0.225. The second-order valence-electron chi connectivity index (χ2n) is 7.63. The third-order valence-corrected chi connectivity index (χ3v) is 3.58. The molecule has 0 unspecified atom stereocenters. The largest absolute Gasteiger partial charge is 0.481 e. The summed E-state index contributed by atoms with van der Waals surface area (Å²) in [6.07, 6.45) is -0.303. The summed E-state index contributed by atoms with van der Waals surface area (Å²) < 4.78 is 5.09. The number of carbonyl (C=O) groups excluding carboxylic acids is 2. The zero-order chi connectivity index (χ0) is 23.3. The number of carboxylic acids is 3. The van der Waals surface area contributed by atoms with Crippen LogP contribution in [0, 0.1) is 0 Å². The van der Waals surface area contributed by atoms with Gasteiger partial charge in [0, 0.05) is 13.0 Å². The molecule has 0 aliphatic carbocycles. The highest BCUT2D eigenvalue weighted by molar-refractivity contribution is 5.85. The molecular weight excluding hydrogens is 402 g/mol. The zero-order valence-electron chi connectivity index (χ0n) is 17.5. The Labute approximate surface area is 174 Å². The average molecular weight is 433 g/mol. The van der Waals surface area contributed by atoms with Crippen molar-refractivity contribution in [2.24, 2.45) is 0 Å². The smallest absolute Gasteiger partial charge is 0.407 e. The number of hydrogen-bond acceptors (Lipinski definition) is 7. The fraction of sp³-hybridized carbons (Fsp3) is 0.722. The first-order valence-electron chi connectivity index (χ1n) is 9.45. The van der Waals surface area contributed by atoms with E-state index in [1.54, 1.807) is 20.8 Å². The van der Waals surface area contributed by atoms with Gasteiger partial charge in [-0.05, 0) is 46.6 Å². The maximum absolute atomic E-state index is 12.1. The van der Waals surface area contributed by atoms with E-state index in [0.717, 1.165) is 0 Å². The molecule has 0 aliphatic rings. The Balaban J connectivity index is 4.48. The van der Waals surface area contributed by atoms with Gasteiger partial charge in [-0.25, -0.2) is 9.59 Å². The molecule has 0 bridgehead atoms. The molecule has 0 aliphatic heterocycles. The van der Waals surface area contributed by atoms with Crippen molar-refractivity contribution >= 4 is 29.9 Å². The number of unbranched alkanes of at least 4 members (excludes halogenated alkanes) is 1. The van der Waals surface area contributed by atoms with E-state index in [2.05, 4.69) is 10.6 Å². The standard InChI is InChI=1S/C18H31N3O9/c1-18(2,3)30-17(29)19-8-4-5-9-21(11-15(25)26)10-13(22)20-12(16(27)28)6-7-14(23)24/h12H,4-11H2,1-3H3,(H,19,29)(H,20,22)(H,23,24)(H,25,26)(H,27,28)/t12-/m0/s1. The number of ether oxygens (including phenoxy) is 1. The number of aliphatic carboxylic acids is 3. The van der Waals surface area contributed by atoms with Crippen LogP contribution in [-0.2, 0) is 23.9 Å². The molecule has 0 aromatic heterocycles. The predicted octanol–water partition coefficient (Wildman–Crippen LogP) is 0.112. The van der Waals surface area contributed by atoms with Crippen LogP contribution < -0.4 is 10.6 Å². The number of hydrogen-bond donors (Lipinski definition) is 5. The van der Waals surface area contributed by atoms with Crippen molar-refractivity contribution in [2.75, 3.05) is 26.2 Å². The van der Waals surface area contributed by atoms with Crippen LogP contribution in [0.1, 0.15) is 46.5 Å². The summed E-state index contributed by atoms with van der Waals surface area (Å²) in [4.78, 5) is 57.7. The molecule has 12 nitrogen and oxygen atoms in total. The van der Waals surface area contributed by atoms with E-state index in [0.29, 0.717) is 19.4 Å². The lowest BCUT2D eigenvalue weighted by atomic mass is 10.1. The van der Waals surface area contributed by atoms with Crippen LogP contribution in [0.15, 0.2) is 0 Å². The molecule has 30 heavy (non-hydrogen) atoms. The van der Waals surface area contributed by atoms with Crippen LogP contribution in [0.5, 0.6) is 0 Å². The van der Waals surface area contributed by atoms with Gasteiger partial charge in [-0.15, -0.1) is 0 Å². The van der Waals surface area contributed by atoms with Gasteiger partial charge < -0.3 is 30.7 Å². The van der Waals surface area contributed by atoms with E-state index >= 15 is 0 Å². The Morgan fingerprint density at radius 2 is 1.60 bits per heavy atom. The molecule has 172 valence electrons. The summed E-state index contributed by atoms with van der Waals surface area (Å²) in [5.74, 6) is -4.44. The van der Waals surface area contributed by atoms with E-state index in [4.69, 9.17) is 20.1 Å². The Kier molecular flexibility index (Phi) is 12.1. The van der Waals surface area contributed by atoms with Crippen molar-refractivity contribution in [1.82, 2.24) is 15.5 Å². The second-order valence-corrected chi connectivity index (χ2v) is 7.63. The monoisotopic (exact) mass is 433 g/mol. The Hall–Kier alpha value is -2.89. The highest BCUT2D eigenvalue weighted by Crippen LogP contribution is 2.06. The van der Waals surface area contributed by atoms with Gasteiger partial charge in [0.2, 0.25) is 5.91 Å². The van der Waals surface area contributed by atoms with Crippen LogP contribution in [0.25, 0.3) is 0 Å². The van der Waals surface area contributed by atoms with Crippen molar-refractivity contribution in [1.29, 1.82) is 0 Å². The van der Waals surface area contributed by atoms with E-state index in [1.807, 2.05) is 0 Å². The van der Waals surface area contributed by atoms with Crippen molar-refractivity contribution in [3.8, 4) is 0 Å². The van der Waals surface area contributed by atoms with Crippen molar-refractivity contribution < 1.29 is 44.0 Å². The summed E-state index contributed by atoms with van der Waals surface area (Å²) in [5.41, 5.74) is -0.617. The van der Waals surface area contributed by atoms with Gasteiger partial charge in [-0.2, -0.15) is 0 Å². The number of amides is 2. The highest BCUT2D eigenvalue weighted by Gasteiger charge is 2.22. The number of nitrogens with one attached hydrogen (secondary N) is 2. The van der Waals surface area contributed by atoms with Gasteiger partial charge in [0.15, 0.2) is 0 Å². The Morgan fingerprint density at radius 1 is 0.967 bits per heavy atom. The number of carbonyl (C=O) groups is 5. The molecule has 0 heterocycles. The van der Waals surface area contributed by atoms with E-state index in [9.17, 15) is 24.0 Å². The summed E-state index contributed by atoms with van der Waals surface area (Å²) in [6, 6.07) is -1.38. The van der Waals surface area contributed by atoms with Crippen LogP contribution in [-0.4, -0.2) is 87.9 Å². The molecule has 0 saturated heterocycles. The van der Waals surface area contributed by atoms with Gasteiger partial charge in [0.1, 0.15) is 11.6 Å². The van der Waals surface area contributed by atoms with Gasteiger partial charge >= 0.3 is 24.0 Å². The first-order valence-corrected chi connectivity index (χ1v) is 9.45. The normalized spacial score (nSPS) is 12.1. The second kappa shape index (κ2) is 13.4. The van der Waals surface area contributed by atoms with Crippen molar-refractivity contribution in [2.45, 2.75) is 58.1 Å². The summed E-state index contributed by atoms with van der Waals surface area (Å²) in [6.45, 7) is 4.94.